The van der Waals surface area contributed by atoms with E-state index in [1.807, 2.05) is 0 Å². The molecule has 1 heterocycles. The van der Waals surface area contributed by atoms with Gasteiger partial charge in [0.25, 0.3) is 0 Å². The van der Waals surface area contributed by atoms with Crippen LogP contribution in [0.5, 0.6) is 11.5 Å². The molecule has 3 nitrogen and oxygen atoms in total. The molecule has 0 radical (unpaired) electrons. The molecule has 1 atom stereocenters. The van der Waals surface area contributed by atoms with E-state index < -0.39 is 0 Å². The summed E-state index contributed by atoms with van der Waals surface area (Å²) in [6, 6.07) is 4.19. The lowest BCUT2D eigenvalue weighted by atomic mass is 9.98. The smallest absolute Gasteiger partial charge is 0.175 e. The number of nitrogens with one attached hydrogen (secondary N) is 1. The average molecular weight is 342 g/mol. The van der Waals surface area contributed by atoms with Gasteiger partial charge in [-0.25, -0.2) is 0 Å². The van der Waals surface area contributed by atoms with Crippen molar-refractivity contribution < 1.29 is 9.47 Å². The topological polar surface area (TPSA) is 30.5 Å². The molecule has 1 aromatic carbocycles. The fourth-order valence-electron chi connectivity index (χ4n) is 2.07. The van der Waals surface area contributed by atoms with Crippen LogP contribution >= 0.6 is 15.9 Å². The van der Waals surface area contributed by atoms with Crippen LogP contribution in [0.25, 0.3) is 0 Å². The number of rotatable bonds is 5. The Morgan fingerprint density at radius 1 is 1.20 bits per heavy atom. The van der Waals surface area contributed by atoms with Crippen molar-refractivity contribution in [3.05, 3.63) is 22.2 Å². The third-order valence-electron chi connectivity index (χ3n) is 3.80. The van der Waals surface area contributed by atoms with E-state index >= 15 is 0 Å². The van der Waals surface area contributed by atoms with Crippen molar-refractivity contribution in [3.63, 3.8) is 0 Å². The van der Waals surface area contributed by atoms with Gasteiger partial charge in [-0.05, 0) is 52.0 Å². The van der Waals surface area contributed by atoms with Gasteiger partial charge in [-0.15, -0.1) is 0 Å². The first-order valence-electron chi connectivity index (χ1n) is 7.36. The molecule has 0 aliphatic carbocycles. The second-order valence-corrected chi connectivity index (χ2v) is 6.66. The maximum atomic E-state index is 5.75. The van der Waals surface area contributed by atoms with Crippen molar-refractivity contribution in [1.82, 2.24) is 5.32 Å². The Hall–Kier alpha value is -0.740. The number of hydrogen-bond acceptors (Lipinski definition) is 3. The van der Waals surface area contributed by atoms with Crippen LogP contribution < -0.4 is 14.8 Å². The van der Waals surface area contributed by atoms with Crippen LogP contribution in [0.15, 0.2) is 16.6 Å². The fourth-order valence-corrected chi connectivity index (χ4v) is 2.67. The van der Waals surface area contributed by atoms with Gasteiger partial charge >= 0.3 is 0 Å². The first-order chi connectivity index (χ1) is 9.58. The van der Waals surface area contributed by atoms with Crippen molar-refractivity contribution >= 4 is 15.9 Å². The van der Waals surface area contributed by atoms with Crippen LogP contribution in [-0.4, -0.2) is 19.8 Å². The minimum Gasteiger partial charge on any atom is -0.490 e. The molecule has 0 aromatic heterocycles. The molecular formula is C16H24BrNO2. The SMILES string of the molecule is CC(C)C(C)CNCc1cc(Br)c2c(c1)OCCCO2. The first-order valence-corrected chi connectivity index (χ1v) is 8.16. The molecule has 112 valence electrons. The molecule has 0 saturated heterocycles. The molecule has 0 spiro atoms. The van der Waals surface area contributed by atoms with E-state index in [0.717, 1.165) is 48.7 Å². The molecule has 4 heteroatoms. The molecule has 1 aromatic rings. The largest absolute Gasteiger partial charge is 0.490 e. The monoisotopic (exact) mass is 341 g/mol. The van der Waals surface area contributed by atoms with Crippen molar-refractivity contribution in [1.29, 1.82) is 0 Å². The number of benzene rings is 1. The van der Waals surface area contributed by atoms with E-state index in [0.29, 0.717) is 11.8 Å². The van der Waals surface area contributed by atoms with Crippen LogP contribution in [-0.2, 0) is 6.54 Å². The summed E-state index contributed by atoms with van der Waals surface area (Å²) in [5.41, 5.74) is 1.22. The molecule has 2 rings (SSSR count). The second kappa shape index (κ2) is 7.32. The van der Waals surface area contributed by atoms with Gasteiger partial charge in [0.1, 0.15) is 0 Å². The summed E-state index contributed by atoms with van der Waals surface area (Å²) in [7, 11) is 0. The van der Waals surface area contributed by atoms with E-state index in [1.54, 1.807) is 0 Å². The predicted octanol–water partition coefficient (Wildman–Crippen LogP) is 3.99. The minimum atomic E-state index is 0.679. The van der Waals surface area contributed by atoms with Crippen molar-refractivity contribution in [2.24, 2.45) is 11.8 Å². The van der Waals surface area contributed by atoms with E-state index in [2.05, 4.69) is 54.2 Å². The van der Waals surface area contributed by atoms with Gasteiger partial charge in [0.15, 0.2) is 11.5 Å². The second-order valence-electron chi connectivity index (χ2n) is 5.81. The molecule has 20 heavy (non-hydrogen) atoms. The van der Waals surface area contributed by atoms with Crippen molar-refractivity contribution in [2.45, 2.75) is 33.7 Å². The Morgan fingerprint density at radius 3 is 2.70 bits per heavy atom. The van der Waals surface area contributed by atoms with Gasteiger partial charge in [-0.1, -0.05) is 20.8 Å². The molecule has 0 saturated carbocycles. The Labute approximate surface area is 130 Å². The van der Waals surface area contributed by atoms with E-state index in [9.17, 15) is 0 Å². The molecule has 1 aliphatic heterocycles. The minimum absolute atomic E-state index is 0.679. The number of hydrogen-bond donors (Lipinski definition) is 1. The Balaban J connectivity index is 1.99. The molecule has 0 bridgehead atoms. The lowest BCUT2D eigenvalue weighted by Gasteiger charge is -2.17. The van der Waals surface area contributed by atoms with Gasteiger partial charge in [0.2, 0.25) is 0 Å². The number of ether oxygens (including phenoxy) is 2. The Kier molecular flexibility index (Phi) is 5.73. The lowest BCUT2D eigenvalue weighted by molar-refractivity contribution is 0.296. The van der Waals surface area contributed by atoms with Crippen LogP contribution in [0.1, 0.15) is 32.8 Å². The van der Waals surface area contributed by atoms with Gasteiger partial charge < -0.3 is 14.8 Å². The molecule has 1 aliphatic rings. The third kappa shape index (κ3) is 4.13. The highest BCUT2D eigenvalue weighted by molar-refractivity contribution is 9.10. The maximum Gasteiger partial charge on any atom is 0.175 e. The first kappa shape index (κ1) is 15.6. The van der Waals surface area contributed by atoms with Gasteiger partial charge in [0, 0.05) is 13.0 Å². The van der Waals surface area contributed by atoms with Crippen molar-refractivity contribution in [3.8, 4) is 11.5 Å². The molecule has 0 amide bonds. The van der Waals surface area contributed by atoms with Gasteiger partial charge in [0.05, 0.1) is 17.7 Å². The molecular weight excluding hydrogens is 318 g/mol. The quantitative estimate of drug-likeness (QED) is 0.878. The summed E-state index contributed by atoms with van der Waals surface area (Å²) < 4.78 is 12.4. The van der Waals surface area contributed by atoms with E-state index in [4.69, 9.17) is 9.47 Å². The fraction of sp³-hybridized carbons (Fsp3) is 0.625. The van der Waals surface area contributed by atoms with Crippen LogP contribution in [0.2, 0.25) is 0 Å². The zero-order valence-corrected chi connectivity index (χ0v) is 14.1. The zero-order valence-electron chi connectivity index (χ0n) is 12.5. The highest BCUT2D eigenvalue weighted by atomic mass is 79.9. The molecule has 1 unspecified atom stereocenters. The molecule has 0 fully saturated rings. The summed E-state index contributed by atoms with van der Waals surface area (Å²) in [5, 5.41) is 3.52. The highest BCUT2D eigenvalue weighted by Gasteiger charge is 2.15. The van der Waals surface area contributed by atoms with E-state index in [-0.39, 0.29) is 0 Å². The summed E-state index contributed by atoms with van der Waals surface area (Å²) in [6.45, 7) is 10.1. The average Bonchev–Trinajstić information content (AvgIpc) is 2.64. The molecule has 1 N–H and O–H groups in total. The maximum absolute atomic E-state index is 5.75. The summed E-state index contributed by atoms with van der Waals surface area (Å²) in [5.74, 6) is 3.07. The third-order valence-corrected chi connectivity index (χ3v) is 4.38. The normalized spacial score (nSPS) is 16.1. The standard InChI is InChI=1S/C16H24BrNO2/c1-11(2)12(3)9-18-10-13-7-14(17)16-15(8-13)19-5-4-6-20-16/h7-8,11-12,18H,4-6,9-10H2,1-3H3. The van der Waals surface area contributed by atoms with Gasteiger partial charge in [-0.2, -0.15) is 0 Å². The van der Waals surface area contributed by atoms with Crippen molar-refractivity contribution in [2.75, 3.05) is 19.8 Å². The number of halogens is 1. The summed E-state index contributed by atoms with van der Waals surface area (Å²) in [6.07, 6.45) is 0.931. The van der Waals surface area contributed by atoms with Crippen LogP contribution in [0.4, 0.5) is 0 Å². The lowest BCUT2D eigenvalue weighted by Crippen LogP contribution is -2.23. The number of fused-ring (bicyclic) bond motifs is 1. The van der Waals surface area contributed by atoms with Gasteiger partial charge in [-0.3, -0.25) is 0 Å². The summed E-state index contributed by atoms with van der Waals surface area (Å²) in [4.78, 5) is 0. The van der Waals surface area contributed by atoms with Crippen LogP contribution in [0, 0.1) is 11.8 Å². The Bertz CT molecular complexity index is 448. The zero-order chi connectivity index (χ0) is 14.5. The van der Waals surface area contributed by atoms with E-state index in [1.165, 1.54) is 5.56 Å². The Morgan fingerprint density at radius 2 is 1.95 bits per heavy atom. The highest BCUT2D eigenvalue weighted by Crippen LogP contribution is 2.38. The summed E-state index contributed by atoms with van der Waals surface area (Å²) >= 11 is 3.58. The van der Waals surface area contributed by atoms with Crippen LogP contribution in [0.3, 0.4) is 0 Å². The predicted molar refractivity (Wildman–Crippen MR) is 85.5 cm³/mol.